The smallest absolute Gasteiger partial charge is 0.253 e. The Labute approximate surface area is 199 Å². The third kappa shape index (κ3) is 5.00. The zero-order valence-corrected chi connectivity index (χ0v) is 19.5. The normalized spacial score (nSPS) is 18.0. The second-order valence-electron chi connectivity index (χ2n) is 9.29. The van der Waals surface area contributed by atoms with Crippen LogP contribution in [0.3, 0.4) is 0 Å². The predicted molar refractivity (Wildman–Crippen MR) is 131 cm³/mol. The minimum atomic E-state index is -0.112. The molecule has 1 atom stereocenters. The van der Waals surface area contributed by atoms with E-state index in [0.717, 1.165) is 60.6 Å². The topological polar surface area (TPSA) is 93.0 Å². The molecule has 1 saturated carbocycles. The second-order valence-corrected chi connectivity index (χ2v) is 9.29. The van der Waals surface area contributed by atoms with E-state index in [1.165, 1.54) is 0 Å². The minimum absolute atomic E-state index is 0.0183. The molecule has 2 aromatic heterocycles. The Morgan fingerprint density at radius 1 is 1.12 bits per heavy atom. The lowest BCUT2D eigenvalue weighted by Crippen LogP contribution is -2.44. The summed E-state index contributed by atoms with van der Waals surface area (Å²) in [5.74, 6) is 1.16. The fourth-order valence-electron chi connectivity index (χ4n) is 4.55. The van der Waals surface area contributed by atoms with E-state index in [-0.39, 0.29) is 17.4 Å². The van der Waals surface area contributed by atoms with Crippen LogP contribution in [0.2, 0.25) is 0 Å². The Morgan fingerprint density at radius 2 is 1.97 bits per heavy atom. The summed E-state index contributed by atoms with van der Waals surface area (Å²) in [7, 11) is 0. The largest absolute Gasteiger partial charge is 0.354 e. The zero-order valence-electron chi connectivity index (χ0n) is 19.5. The van der Waals surface area contributed by atoms with E-state index in [4.69, 9.17) is 0 Å². The number of carbonyl (C=O) groups excluding carboxylic acids is 1. The molecule has 0 radical (unpaired) electrons. The van der Waals surface area contributed by atoms with Crippen LogP contribution in [0.15, 0.2) is 53.6 Å². The summed E-state index contributed by atoms with van der Waals surface area (Å²) >= 11 is 0. The van der Waals surface area contributed by atoms with Gasteiger partial charge in [0.15, 0.2) is 5.82 Å². The molecular formula is C26H30N6O2. The van der Waals surface area contributed by atoms with Crippen LogP contribution in [-0.2, 0) is 11.3 Å². The van der Waals surface area contributed by atoms with Gasteiger partial charge in [0, 0.05) is 43.7 Å². The van der Waals surface area contributed by atoms with E-state index >= 15 is 0 Å². The monoisotopic (exact) mass is 458 g/mol. The molecule has 0 bridgehead atoms. The zero-order chi connectivity index (χ0) is 23.5. The number of piperidine rings is 1. The standard InChI is InChI=1S/C26H30N6O2/c1-18-5-2-3-7-21(18)22-10-11-24(30-29-22)31-13-4-6-20(16-31)26(34)27-12-14-32-17-28-23(15-25(32)33)19-8-9-19/h2-3,5,7,10-11,15,17,19-20H,4,6,8-9,12-14,16H2,1H3,(H,27,34). The van der Waals surface area contributed by atoms with Crippen LogP contribution >= 0.6 is 0 Å². The van der Waals surface area contributed by atoms with Gasteiger partial charge >= 0.3 is 0 Å². The lowest BCUT2D eigenvalue weighted by Gasteiger charge is -2.32. The van der Waals surface area contributed by atoms with Gasteiger partial charge in [-0.3, -0.25) is 14.2 Å². The van der Waals surface area contributed by atoms with Gasteiger partial charge in [-0.25, -0.2) is 4.98 Å². The highest BCUT2D eigenvalue weighted by Crippen LogP contribution is 2.38. The average Bonchev–Trinajstić information content (AvgIpc) is 3.71. The summed E-state index contributed by atoms with van der Waals surface area (Å²) in [6.07, 6.45) is 5.60. The number of benzene rings is 1. The first-order chi connectivity index (χ1) is 16.6. The van der Waals surface area contributed by atoms with Gasteiger partial charge in [-0.2, -0.15) is 0 Å². The maximum atomic E-state index is 12.8. The third-order valence-corrected chi connectivity index (χ3v) is 6.74. The Bertz CT molecular complexity index is 1220. The highest BCUT2D eigenvalue weighted by Gasteiger charge is 2.27. The Hall–Kier alpha value is -3.55. The summed E-state index contributed by atoms with van der Waals surface area (Å²) < 4.78 is 1.56. The van der Waals surface area contributed by atoms with Gasteiger partial charge in [0.05, 0.1) is 23.6 Å². The third-order valence-electron chi connectivity index (χ3n) is 6.74. The molecule has 1 aromatic carbocycles. The average molecular weight is 459 g/mol. The van der Waals surface area contributed by atoms with Crippen molar-refractivity contribution in [2.45, 2.75) is 45.1 Å². The number of amides is 1. The lowest BCUT2D eigenvalue weighted by molar-refractivity contribution is -0.125. The van der Waals surface area contributed by atoms with Crippen LogP contribution in [0.1, 0.15) is 42.9 Å². The Morgan fingerprint density at radius 3 is 2.71 bits per heavy atom. The summed E-state index contributed by atoms with van der Waals surface area (Å²) in [5.41, 5.74) is 3.93. The van der Waals surface area contributed by atoms with Gasteiger partial charge in [0.2, 0.25) is 5.91 Å². The quantitative estimate of drug-likeness (QED) is 0.585. The molecule has 1 saturated heterocycles. The Kier molecular flexibility index (Phi) is 6.38. The molecular weight excluding hydrogens is 428 g/mol. The number of carbonyl (C=O) groups is 1. The molecule has 2 fully saturated rings. The molecule has 3 heterocycles. The van der Waals surface area contributed by atoms with Crippen LogP contribution in [0, 0.1) is 12.8 Å². The summed E-state index contributed by atoms with van der Waals surface area (Å²) in [5, 5.41) is 11.9. The molecule has 176 valence electrons. The molecule has 3 aromatic rings. The van der Waals surface area contributed by atoms with Gasteiger partial charge in [-0.1, -0.05) is 24.3 Å². The van der Waals surface area contributed by atoms with Crippen molar-refractivity contribution in [2.24, 2.45) is 5.92 Å². The van der Waals surface area contributed by atoms with Crippen molar-refractivity contribution in [3.8, 4) is 11.3 Å². The first kappa shape index (κ1) is 22.3. The van der Waals surface area contributed by atoms with Crippen molar-refractivity contribution in [1.82, 2.24) is 25.1 Å². The van der Waals surface area contributed by atoms with Crippen molar-refractivity contribution < 1.29 is 4.79 Å². The number of rotatable bonds is 7. The molecule has 1 aliphatic carbocycles. The highest BCUT2D eigenvalue weighted by atomic mass is 16.2. The maximum absolute atomic E-state index is 12.8. The number of nitrogens with one attached hydrogen (secondary N) is 1. The maximum Gasteiger partial charge on any atom is 0.253 e. The lowest BCUT2D eigenvalue weighted by atomic mass is 9.97. The van der Waals surface area contributed by atoms with Crippen LogP contribution in [-0.4, -0.2) is 45.3 Å². The van der Waals surface area contributed by atoms with Crippen molar-refractivity contribution in [2.75, 3.05) is 24.5 Å². The summed E-state index contributed by atoms with van der Waals surface area (Å²) in [4.78, 5) is 31.6. The summed E-state index contributed by atoms with van der Waals surface area (Å²) in [6.45, 7) is 4.36. The molecule has 8 nitrogen and oxygen atoms in total. The van der Waals surface area contributed by atoms with Crippen LogP contribution in [0.4, 0.5) is 5.82 Å². The molecule has 8 heteroatoms. The van der Waals surface area contributed by atoms with Crippen molar-refractivity contribution in [3.63, 3.8) is 0 Å². The fourth-order valence-corrected chi connectivity index (χ4v) is 4.55. The highest BCUT2D eigenvalue weighted by molar-refractivity contribution is 5.79. The van der Waals surface area contributed by atoms with Gasteiger partial charge in [-0.15, -0.1) is 10.2 Å². The molecule has 34 heavy (non-hydrogen) atoms. The first-order valence-corrected chi connectivity index (χ1v) is 12.1. The van der Waals surface area contributed by atoms with Crippen LogP contribution in [0.25, 0.3) is 11.3 Å². The van der Waals surface area contributed by atoms with Crippen molar-refractivity contribution in [1.29, 1.82) is 0 Å². The van der Waals surface area contributed by atoms with E-state index in [1.54, 1.807) is 17.0 Å². The second kappa shape index (κ2) is 9.75. The number of nitrogens with zero attached hydrogens (tertiary/aromatic N) is 5. The van der Waals surface area contributed by atoms with Gasteiger partial charge < -0.3 is 10.2 Å². The number of hydrogen-bond donors (Lipinski definition) is 1. The van der Waals surface area contributed by atoms with Gasteiger partial charge in [0.1, 0.15) is 0 Å². The first-order valence-electron chi connectivity index (χ1n) is 12.1. The van der Waals surface area contributed by atoms with Gasteiger partial charge in [0.25, 0.3) is 5.56 Å². The fraction of sp³-hybridized carbons (Fsp3) is 0.423. The number of hydrogen-bond acceptors (Lipinski definition) is 6. The van der Waals surface area contributed by atoms with E-state index in [0.29, 0.717) is 25.6 Å². The number of anilines is 1. The Balaban J connectivity index is 1.15. The summed E-state index contributed by atoms with van der Waals surface area (Å²) in [6, 6.07) is 13.7. The van der Waals surface area contributed by atoms with Crippen molar-refractivity contribution >= 4 is 11.7 Å². The molecule has 1 N–H and O–H groups in total. The minimum Gasteiger partial charge on any atom is -0.354 e. The molecule has 2 aliphatic rings. The van der Waals surface area contributed by atoms with Crippen molar-refractivity contribution in [3.05, 3.63) is 70.4 Å². The van der Waals surface area contributed by atoms with Gasteiger partial charge in [-0.05, 0) is 50.3 Å². The molecule has 0 spiro atoms. The van der Waals surface area contributed by atoms with Crippen LogP contribution < -0.4 is 15.8 Å². The number of aromatic nitrogens is 4. The van der Waals surface area contributed by atoms with E-state index < -0.39 is 0 Å². The van der Waals surface area contributed by atoms with Crippen LogP contribution in [0.5, 0.6) is 0 Å². The number of aryl methyl sites for hydroxylation is 1. The van der Waals surface area contributed by atoms with E-state index in [1.807, 2.05) is 30.3 Å². The molecule has 1 aliphatic heterocycles. The SMILES string of the molecule is Cc1ccccc1-c1ccc(N2CCCC(C(=O)NCCn3cnc(C4CC4)cc3=O)C2)nn1. The molecule has 5 rings (SSSR count). The predicted octanol–water partition coefficient (Wildman–Crippen LogP) is 2.92. The molecule has 1 amide bonds. The molecule has 1 unspecified atom stereocenters. The van der Waals surface area contributed by atoms with E-state index in [2.05, 4.69) is 38.4 Å². The van der Waals surface area contributed by atoms with E-state index in [9.17, 15) is 9.59 Å².